The molecule has 0 aliphatic rings. The zero-order chi connectivity index (χ0) is 18.1. The van der Waals surface area contributed by atoms with Crippen molar-refractivity contribution in [2.24, 2.45) is 0 Å². The summed E-state index contributed by atoms with van der Waals surface area (Å²) in [6, 6.07) is 19.0. The Bertz CT molecular complexity index is 1090. The van der Waals surface area contributed by atoms with Crippen molar-refractivity contribution in [2.45, 2.75) is 13.8 Å². The van der Waals surface area contributed by atoms with E-state index in [9.17, 15) is 0 Å². The molecule has 2 heterocycles. The number of hydrogen-bond acceptors (Lipinski definition) is 2. The highest BCUT2D eigenvalue weighted by atomic mass is 15.2. The number of anilines is 1. The minimum Gasteiger partial charge on any atom is -0.352 e. The van der Waals surface area contributed by atoms with Gasteiger partial charge in [-0.15, -0.1) is 6.58 Å². The highest BCUT2D eigenvalue weighted by Gasteiger charge is 2.20. The van der Waals surface area contributed by atoms with Crippen molar-refractivity contribution in [2.75, 3.05) is 18.0 Å². The zero-order valence-corrected chi connectivity index (χ0v) is 15.3. The fraction of sp³-hybridized carbons (Fsp3) is 0.174. The molecule has 0 fully saturated rings. The average molecular weight is 341 g/mol. The molecule has 3 heteroatoms. The third kappa shape index (κ3) is 2.57. The quantitative estimate of drug-likeness (QED) is 0.448. The summed E-state index contributed by atoms with van der Waals surface area (Å²) in [5, 5.41) is 2.38. The lowest BCUT2D eigenvalue weighted by atomic mass is 10.1. The molecule has 2 aromatic carbocycles. The van der Waals surface area contributed by atoms with Gasteiger partial charge in [-0.05, 0) is 30.9 Å². The number of aryl methyl sites for hydroxylation is 1. The van der Waals surface area contributed by atoms with Crippen LogP contribution in [0.4, 0.5) is 5.82 Å². The highest BCUT2D eigenvalue weighted by Crippen LogP contribution is 2.35. The van der Waals surface area contributed by atoms with Crippen LogP contribution >= 0.6 is 0 Å². The van der Waals surface area contributed by atoms with Crippen LogP contribution < -0.4 is 4.90 Å². The highest BCUT2D eigenvalue weighted by molar-refractivity contribution is 5.96. The first kappa shape index (κ1) is 16.4. The topological polar surface area (TPSA) is 20.5 Å². The van der Waals surface area contributed by atoms with Crippen LogP contribution in [-0.2, 0) is 0 Å². The Morgan fingerprint density at radius 2 is 1.85 bits per heavy atom. The lowest BCUT2D eigenvalue weighted by Gasteiger charge is -2.22. The van der Waals surface area contributed by atoms with E-state index in [1.54, 1.807) is 0 Å². The van der Waals surface area contributed by atoms with Gasteiger partial charge in [0, 0.05) is 30.2 Å². The standard InChI is InChI=1S/C23H23N3/c1-4-15-25(5-2)23-21(19-12-8-6-10-17(19)3)24-22-20-13-9-7-11-18(20)14-16-26(22)23/h4,6-14,16H,1,5,15H2,2-3H3. The van der Waals surface area contributed by atoms with Gasteiger partial charge in [0.1, 0.15) is 17.2 Å². The van der Waals surface area contributed by atoms with E-state index in [4.69, 9.17) is 4.98 Å². The van der Waals surface area contributed by atoms with Gasteiger partial charge < -0.3 is 4.90 Å². The average Bonchev–Trinajstić information content (AvgIpc) is 3.06. The summed E-state index contributed by atoms with van der Waals surface area (Å²) in [6.07, 6.45) is 4.08. The number of pyridine rings is 1. The Hall–Kier alpha value is -3.07. The molecule has 2 aromatic heterocycles. The van der Waals surface area contributed by atoms with Crippen molar-refractivity contribution < 1.29 is 0 Å². The molecule has 0 atom stereocenters. The van der Waals surface area contributed by atoms with Gasteiger partial charge in [-0.3, -0.25) is 4.40 Å². The van der Waals surface area contributed by atoms with E-state index < -0.39 is 0 Å². The maximum absolute atomic E-state index is 5.11. The van der Waals surface area contributed by atoms with E-state index in [1.807, 2.05) is 6.08 Å². The lowest BCUT2D eigenvalue weighted by Crippen LogP contribution is -2.24. The summed E-state index contributed by atoms with van der Waals surface area (Å²) >= 11 is 0. The molecular weight excluding hydrogens is 318 g/mol. The second-order valence-corrected chi connectivity index (χ2v) is 6.52. The van der Waals surface area contributed by atoms with E-state index in [0.717, 1.165) is 30.2 Å². The van der Waals surface area contributed by atoms with Crippen molar-refractivity contribution in [3.63, 3.8) is 0 Å². The molecule has 3 nitrogen and oxygen atoms in total. The van der Waals surface area contributed by atoms with Gasteiger partial charge in [0.05, 0.1) is 0 Å². The normalized spacial score (nSPS) is 11.2. The van der Waals surface area contributed by atoms with E-state index >= 15 is 0 Å². The zero-order valence-electron chi connectivity index (χ0n) is 15.3. The molecule has 4 aromatic rings. The second kappa shape index (κ2) is 6.68. The largest absolute Gasteiger partial charge is 0.352 e. The fourth-order valence-electron chi connectivity index (χ4n) is 3.60. The van der Waals surface area contributed by atoms with Crippen molar-refractivity contribution >= 4 is 22.2 Å². The number of imidazole rings is 1. The molecule has 0 bridgehead atoms. The van der Waals surface area contributed by atoms with Crippen LogP contribution in [0.5, 0.6) is 0 Å². The molecule has 0 radical (unpaired) electrons. The molecule has 0 spiro atoms. The van der Waals surface area contributed by atoms with Crippen LogP contribution in [0.2, 0.25) is 0 Å². The molecule has 0 aliphatic heterocycles. The maximum atomic E-state index is 5.11. The maximum Gasteiger partial charge on any atom is 0.147 e. The van der Waals surface area contributed by atoms with Crippen LogP contribution in [0.25, 0.3) is 27.7 Å². The second-order valence-electron chi connectivity index (χ2n) is 6.52. The Morgan fingerprint density at radius 1 is 1.08 bits per heavy atom. The first-order chi connectivity index (χ1) is 12.7. The van der Waals surface area contributed by atoms with Gasteiger partial charge in [0.25, 0.3) is 0 Å². The number of benzene rings is 2. The first-order valence-corrected chi connectivity index (χ1v) is 9.06. The Morgan fingerprint density at radius 3 is 2.62 bits per heavy atom. The number of likely N-dealkylation sites (N-methyl/N-ethyl adjacent to an activating group) is 1. The molecule has 26 heavy (non-hydrogen) atoms. The molecule has 0 amide bonds. The lowest BCUT2D eigenvalue weighted by molar-refractivity contribution is 0.876. The summed E-state index contributed by atoms with van der Waals surface area (Å²) in [5.74, 6) is 1.13. The predicted molar refractivity (Wildman–Crippen MR) is 111 cm³/mol. The summed E-state index contributed by atoms with van der Waals surface area (Å²) in [7, 11) is 0. The van der Waals surface area contributed by atoms with E-state index in [2.05, 4.69) is 90.5 Å². The van der Waals surface area contributed by atoms with Crippen molar-refractivity contribution in [3.8, 4) is 11.3 Å². The number of fused-ring (bicyclic) bond motifs is 3. The smallest absolute Gasteiger partial charge is 0.147 e. The SMILES string of the molecule is C=CCN(CC)c1c(-c2ccccc2C)nc2c3ccccc3ccn12. The molecule has 0 aliphatic carbocycles. The first-order valence-electron chi connectivity index (χ1n) is 9.06. The van der Waals surface area contributed by atoms with Crippen molar-refractivity contribution in [1.82, 2.24) is 9.38 Å². The Balaban J connectivity index is 2.10. The molecule has 0 saturated carbocycles. The molecule has 0 N–H and O–H groups in total. The number of rotatable bonds is 5. The van der Waals surface area contributed by atoms with Crippen LogP contribution in [0.1, 0.15) is 12.5 Å². The summed E-state index contributed by atoms with van der Waals surface area (Å²) in [5.41, 5.74) is 4.44. The van der Waals surface area contributed by atoms with Crippen LogP contribution in [0, 0.1) is 6.92 Å². The molecule has 130 valence electrons. The Labute approximate surface area is 154 Å². The molecule has 4 rings (SSSR count). The van der Waals surface area contributed by atoms with Crippen LogP contribution in [0.3, 0.4) is 0 Å². The summed E-state index contributed by atoms with van der Waals surface area (Å²) < 4.78 is 2.22. The van der Waals surface area contributed by atoms with Crippen LogP contribution in [-0.4, -0.2) is 22.5 Å². The third-order valence-electron chi connectivity index (χ3n) is 4.92. The van der Waals surface area contributed by atoms with Gasteiger partial charge in [-0.1, -0.05) is 54.6 Å². The Kier molecular flexibility index (Phi) is 4.21. The molecular formula is C23H23N3. The summed E-state index contributed by atoms with van der Waals surface area (Å²) in [4.78, 5) is 7.43. The number of aromatic nitrogens is 2. The summed E-state index contributed by atoms with van der Waals surface area (Å²) in [6.45, 7) is 9.94. The minimum absolute atomic E-state index is 0.788. The van der Waals surface area contributed by atoms with Gasteiger partial charge in [-0.25, -0.2) is 4.98 Å². The third-order valence-corrected chi connectivity index (χ3v) is 4.92. The predicted octanol–water partition coefficient (Wildman–Crippen LogP) is 5.48. The van der Waals surface area contributed by atoms with E-state index in [-0.39, 0.29) is 0 Å². The monoisotopic (exact) mass is 341 g/mol. The van der Waals surface area contributed by atoms with Crippen molar-refractivity contribution in [3.05, 3.63) is 79.0 Å². The minimum atomic E-state index is 0.788. The van der Waals surface area contributed by atoms with Gasteiger partial charge in [0.15, 0.2) is 0 Å². The molecule has 0 unspecified atom stereocenters. The van der Waals surface area contributed by atoms with Crippen molar-refractivity contribution in [1.29, 1.82) is 0 Å². The fourth-order valence-corrected chi connectivity index (χ4v) is 3.60. The van der Waals surface area contributed by atoms with Gasteiger partial charge in [-0.2, -0.15) is 0 Å². The number of hydrogen-bond donors (Lipinski definition) is 0. The van der Waals surface area contributed by atoms with Gasteiger partial charge in [0.2, 0.25) is 0 Å². The molecule has 0 saturated heterocycles. The van der Waals surface area contributed by atoms with Crippen LogP contribution in [0.15, 0.2) is 73.4 Å². The van der Waals surface area contributed by atoms with E-state index in [1.165, 1.54) is 21.9 Å². The van der Waals surface area contributed by atoms with E-state index in [0.29, 0.717) is 0 Å². The number of nitrogens with zero attached hydrogens (tertiary/aromatic N) is 3. The van der Waals surface area contributed by atoms with Gasteiger partial charge >= 0.3 is 0 Å².